The Morgan fingerprint density at radius 1 is 0.974 bits per heavy atom. The third kappa shape index (κ3) is 15.3. The number of thioether (sulfide) groups is 1. The second-order valence-corrected chi connectivity index (χ2v) is 11.5. The number of aliphatic hydroxyl groups excluding tert-OH is 3. The molecule has 0 aliphatic carbocycles. The van der Waals surface area contributed by atoms with Crippen LogP contribution in [-0.2, 0) is 33.4 Å². The Balaban J connectivity index is 2.33. The maximum Gasteiger partial charge on any atom is 0.303 e. The van der Waals surface area contributed by atoms with Gasteiger partial charge in [-0.15, -0.1) is 0 Å². The van der Waals surface area contributed by atoms with Crippen molar-refractivity contribution in [2.75, 3.05) is 25.4 Å². The maximum atomic E-state index is 12.8. The summed E-state index contributed by atoms with van der Waals surface area (Å²) in [7, 11) is 0. The maximum absolute atomic E-state index is 12.8. The van der Waals surface area contributed by atoms with Gasteiger partial charge in [-0.3, -0.25) is 24.0 Å². The molecule has 0 saturated carbocycles. The molecule has 1 rings (SSSR count). The molecule has 0 aromatic carbocycles. The van der Waals surface area contributed by atoms with Gasteiger partial charge in [0.25, 0.3) is 0 Å². The number of carbonyl (C=O) groups excluding carboxylic acids is 4. The third-order valence-electron chi connectivity index (χ3n) is 5.80. The van der Waals surface area contributed by atoms with Gasteiger partial charge in [-0.2, -0.15) is 0 Å². The quantitative estimate of drug-likeness (QED) is 0.0918. The number of nitrogens with one attached hydrogen (secondary N) is 2. The molecule has 5 atom stereocenters. The molecule has 14 heteroatoms. The van der Waals surface area contributed by atoms with E-state index in [0.717, 1.165) is 11.8 Å². The summed E-state index contributed by atoms with van der Waals surface area (Å²) in [5, 5.41) is 42.9. The molecule has 4 unspecified atom stereocenters. The minimum Gasteiger partial charge on any atom is -0.481 e. The van der Waals surface area contributed by atoms with Crippen LogP contribution in [0.2, 0.25) is 0 Å². The van der Waals surface area contributed by atoms with Crippen LogP contribution in [0.3, 0.4) is 0 Å². The average Bonchev–Trinajstić information content (AvgIpc) is 2.80. The Morgan fingerprint density at radius 3 is 2.31 bits per heavy atom. The highest BCUT2D eigenvalue weighted by atomic mass is 32.2. The van der Waals surface area contributed by atoms with E-state index in [2.05, 4.69) is 10.6 Å². The Labute approximate surface area is 232 Å². The van der Waals surface area contributed by atoms with E-state index < -0.39 is 58.9 Å². The number of carboxylic acid groups (broad SMARTS) is 1. The van der Waals surface area contributed by atoms with Gasteiger partial charge in [-0.05, 0) is 19.8 Å². The predicted octanol–water partition coefficient (Wildman–Crippen LogP) is -0.267. The fourth-order valence-corrected chi connectivity index (χ4v) is 4.50. The summed E-state index contributed by atoms with van der Waals surface area (Å²) < 4.78 is 11.4. The van der Waals surface area contributed by atoms with Crippen molar-refractivity contribution in [3.05, 3.63) is 0 Å². The molecule has 0 spiro atoms. The first-order valence-electron chi connectivity index (χ1n) is 12.9. The van der Waals surface area contributed by atoms with E-state index in [1.807, 2.05) is 0 Å². The van der Waals surface area contributed by atoms with E-state index in [-0.39, 0.29) is 76.3 Å². The van der Waals surface area contributed by atoms with E-state index in [9.17, 15) is 39.3 Å². The first-order valence-corrected chi connectivity index (χ1v) is 13.9. The summed E-state index contributed by atoms with van der Waals surface area (Å²) in [5.41, 5.74) is -0.668. The van der Waals surface area contributed by atoms with Crippen molar-refractivity contribution in [2.24, 2.45) is 5.41 Å². The van der Waals surface area contributed by atoms with E-state index in [1.54, 1.807) is 20.8 Å². The van der Waals surface area contributed by atoms with Crippen molar-refractivity contribution in [2.45, 2.75) is 96.4 Å². The molecule has 1 fully saturated rings. The first kappa shape index (κ1) is 34.9. The molecule has 2 amide bonds. The summed E-state index contributed by atoms with van der Waals surface area (Å²) in [6, 6.07) is 0. The fraction of sp³-hybridized carbons (Fsp3) is 0.800. The van der Waals surface area contributed by atoms with Crippen LogP contribution < -0.4 is 10.6 Å². The van der Waals surface area contributed by atoms with E-state index in [0.29, 0.717) is 0 Å². The van der Waals surface area contributed by atoms with Crippen molar-refractivity contribution < 1.29 is 53.9 Å². The lowest BCUT2D eigenvalue weighted by molar-refractivity contribution is -0.261. The lowest BCUT2D eigenvalue weighted by atomic mass is 9.85. The predicted molar refractivity (Wildman–Crippen MR) is 141 cm³/mol. The smallest absolute Gasteiger partial charge is 0.303 e. The second-order valence-electron chi connectivity index (χ2n) is 10.3. The molecule has 0 aromatic rings. The number of carbonyl (C=O) groups is 5. The van der Waals surface area contributed by atoms with Gasteiger partial charge in [0.2, 0.25) is 11.8 Å². The molecular weight excluding hydrogens is 536 g/mol. The zero-order valence-electron chi connectivity index (χ0n) is 22.7. The molecule has 0 aromatic heterocycles. The van der Waals surface area contributed by atoms with Gasteiger partial charge >= 0.3 is 5.97 Å². The summed E-state index contributed by atoms with van der Waals surface area (Å²) in [6.07, 6.45) is -4.98. The molecule has 224 valence electrons. The molecular formula is C25H42N2O11S. The first-order chi connectivity index (χ1) is 18.2. The van der Waals surface area contributed by atoms with Crippen LogP contribution >= 0.6 is 11.8 Å². The highest BCUT2D eigenvalue weighted by Crippen LogP contribution is 2.32. The van der Waals surface area contributed by atoms with Crippen LogP contribution in [0.4, 0.5) is 0 Å². The highest BCUT2D eigenvalue weighted by molar-refractivity contribution is 8.13. The number of aliphatic hydroxyl groups is 3. The normalized spacial score (nSPS) is 20.9. The van der Waals surface area contributed by atoms with Crippen LogP contribution in [0, 0.1) is 5.41 Å². The number of ketones is 1. The Morgan fingerprint density at radius 2 is 1.67 bits per heavy atom. The van der Waals surface area contributed by atoms with Crippen LogP contribution in [0.1, 0.15) is 65.7 Å². The van der Waals surface area contributed by atoms with Gasteiger partial charge in [0.15, 0.2) is 11.4 Å². The summed E-state index contributed by atoms with van der Waals surface area (Å²) in [6.45, 7) is 5.55. The number of hydrogen-bond acceptors (Lipinski definition) is 11. The van der Waals surface area contributed by atoms with Crippen LogP contribution in [0.5, 0.6) is 0 Å². The van der Waals surface area contributed by atoms with E-state index in [1.165, 1.54) is 0 Å². The third-order valence-corrected chi connectivity index (χ3v) is 6.67. The van der Waals surface area contributed by atoms with Crippen molar-refractivity contribution in [1.29, 1.82) is 0 Å². The zero-order valence-corrected chi connectivity index (χ0v) is 23.5. The van der Waals surface area contributed by atoms with Gasteiger partial charge in [0.1, 0.15) is 11.9 Å². The average molecular weight is 579 g/mol. The molecule has 1 aliphatic rings. The molecule has 1 aliphatic heterocycles. The van der Waals surface area contributed by atoms with Crippen LogP contribution in [0.15, 0.2) is 0 Å². The van der Waals surface area contributed by atoms with E-state index in [4.69, 9.17) is 14.6 Å². The summed E-state index contributed by atoms with van der Waals surface area (Å²) in [5.74, 6) is -2.08. The van der Waals surface area contributed by atoms with Crippen molar-refractivity contribution >= 4 is 40.4 Å². The Hall–Kier alpha value is -2.10. The Bertz CT molecular complexity index is 837. The number of ether oxygens (including phenoxy) is 2. The number of carboxylic acids is 1. The molecule has 13 nitrogen and oxygen atoms in total. The van der Waals surface area contributed by atoms with Crippen LogP contribution in [-0.4, -0.2) is 105 Å². The molecule has 1 saturated heterocycles. The highest BCUT2D eigenvalue weighted by Gasteiger charge is 2.43. The monoisotopic (exact) mass is 578 g/mol. The van der Waals surface area contributed by atoms with Gasteiger partial charge in [0.05, 0.1) is 37.8 Å². The Kier molecular flexibility index (Phi) is 15.7. The van der Waals surface area contributed by atoms with E-state index >= 15 is 0 Å². The number of rotatable bonds is 18. The number of aliphatic carboxylic acids is 1. The SMILES string of the molecule is CC(O)CC(O)CC(O)CC1OCC(C)(C)[C@H](C(=O)NCCC(=O)NCCSC(=O)CC(=O)CCC(=O)O)O1. The second kappa shape index (κ2) is 17.6. The minimum atomic E-state index is -1.10. The molecule has 39 heavy (non-hydrogen) atoms. The summed E-state index contributed by atoms with van der Waals surface area (Å²) >= 11 is 0.875. The van der Waals surface area contributed by atoms with Gasteiger partial charge < -0.3 is 40.5 Å². The van der Waals surface area contributed by atoms with Gasteiger partial charge in [0, 0.05) is 43.5 Å². The van der Waals surface area contributed by atoms with Gasteiger partial charge in [-0.1, -0.05) is 25.6 Å². The lowest BCUT2D eigenvalue weighted by Crippen LogP contribution is -2.54. The van der Waals surface area contributed by atoms with Gasteiger partial charge in [-0.25, -0.2) is 0 Å². The standard InChI is InChI=1S/C25H42N2O11S/c1-15(28)10-17(30)11-18(31)13-22-37-14-25(2,3)23(38-22)24(36)27-7-6-19(32)26-8-9-39-21(35)12-16(29)4-5-20(33)34/h15,17-18,22-23,28,30-31H,4-14H2,1-3H3,(H,26,32)(H,27,36)(H,33,34)/t15?,17?,18?,22?,23-/m0/s1. The topological polar surface area (TPSA) is 209 Å². The molecule has 0 bridgehead atoms. The molecule has 6 N–H and O–H groups in total. The van der Waals surface area contributed by atoms with Crippen molar-refractivity contribution in [3.8, 4) is 0 Å². The van der Waals surface area contributed by atoms with Crippen LogP contribution in [0.25, 0.3) is 0 Å². The lowest BCUT2D eigenvalue weighted by Gasteiger charge is -2.41. The minimum absolute atomic E-state index is 0.00894. The van der Waals surface area contributed by atoms with Crippen molar-refractivity contribution in [1.82, 2.24) is 10.6 Å². The number of Topliss-reactive ketones (excluding diaryl/α,β-unsaturated/α-hetero) is 1. The molecule has 1 heterocycles. The largest absolute Gasteiger partial charge is 0.481 e. The summed E-state index contributed by atoms with van der Waals surface area (Å²) in [4.78, 5) is 58.5. The number of amides is 2. The zero-order chi connectivity index (χ0) is 29.6. The number of hydrogen-bond donors (Lipinski definition) is 6. The fourth-order valence-electron chi connectivity index (χ4n) is 3.80. The van der Waals surface area contributed by atoms with Crippen molar-refractivity contribution in [3.63, 3.8) is 0 Å². The molecule has 0 radical (unpaired) electrons.